The van der Waals surface area contributed by atoms with Gasteiger partial charge in [0, 0.05) is 14.9 Å². The van der Waals surface area contributed by atoms with E-state index < -0.39 is 0 Å². The summed E-state index contributed by atoms with van der Waals surface area (Å²) in [4.78, 5) is 4.58. The molecule has 0 atom stereocenters. The number of nitrogens with zero attached hydrogens (tertiary/aromatic N) is 1. The summed E-state index contributed by atoms with van der Waals surface area (Å²) in [5.41, 5.74) is 7.03. The zero-order valence-corrected chi connectivity index (χ0v) is 12.8. The van der Waals surface area contributed by atoms with Crippen molar-refractivity contribution in [3.63, 3.8) is 0 Å². The van der Waals surface area contributed by atoms with E-state index in [-0.39, 0.29) is 0 Å². The van der Waals surface area contributed by atoms with E-state index in [0.29, 0.717) is 5.92 Å². The standard InChI is InChI=1S/C13H16Br2N2/c14-10-7-4-8-11(15)12(10)17-13(16)9-5-2-1-3-6-9/h4,7-9H,1-3,5-6H2,(H2,16,17). The van der Waals surface area contributed by atoms with Gasteiger partial charge in [-0.15, -0.1) is 0 Å². The number of nitrogens with two attached hydrogens (primary N) is 1. The molecule has 1 saturated carbocycles. The van der Waals surface area contributed by atoms with Gasteiger partial charge >= 0.3 is 0 Å². The molecule has 0 radical (unpaired) electrons. The van der Waals surface area contributed by atoms with E-state index in [1.54, 1.807) is 0 Å². The Balaban J connectivity index is 2.22. The predicted octanol–water partition coefficient (Wildman–Crippen LogP) is 4.78. The zero-order chi connectivity index (χ0) is 12.3. The third-order valence-corrected chi connectivity index (χ3v) is 4.48. The maximum atomic E-state index is 6.13. The molecule has 2 rings (SSSR count). The van der Waals surface area contributed by atoms with Crippen LogP contribution in [0.4, 0.5) is 5.69 Å². The number of halogens is 2. The van der Waals surface area contributed by atoms with Crippen LogP contribution in [0.3, 0.4) is 0 Å². The lowest BCUT2D eigenvalue weighted by atomic mass is 9.88. The minimum atomic E-state index is 0.461. The van der Waals surface area contributed by atoms with Crippen LogP contribution in [0.2, 0.25) is 0 Å². The largest absolute Gasteiger partial charge is 0.387 e. The van der Waals surface area contributed by atoms with E-state index in [2.05, 4.69) is 36.9 Å². The molecule has 0 amide bonds. The van der Waals surface area contributed by atoms with E-state index >= 15 is 0 Å². The topological polar surface area (TPSA) is 38.4 Å². The highest BCUT2D eigenvalue weighted by Gasteiger charge is 2.17. The highest BCUT2D eigenvalue weighted by atomic mass is 79.9. The van der Waals surface area contributed by atoms with Crippen molar-refractivity contribution in [3.05, 3.63) is 27.1 Å². The molecule has 0 saturated heterocycles. The summed E-state index contributed by atoms with van der Waals surface area (Å²) in [5, 5.41) is 0. The first-order valence-corrected chi connectivity index (χ1v) is 7.55. The van der Waals surface area contributed by atoms with Gasteiger partial charge in [-0.25, -0.2) is 4.99 Å². The van der Waals surface area contributed by atoms with Gasteiger partial charge in [0.1, 0.15) is 5.84 Å². The van der Waals surface area contributed by atoms with Gasteiger partial charge in [0.25, 0.3) is 0 Å². The van der Waals surface area contributed by atoms with Crippen molar-refractivity contribution in [2.24, 2.45) is 16.6 Å². The van der Waals surface area contributed by atoms with Gasteiger partial charge in [-0.1, -0.05) is 25.3 Å². The Kier molecular flexibility index (Phi) is 4.62. The molecule has 0 bridgehead atoms. The fourth-order valence-corrected chi connectivity index (χ4v) is 3.39. The zero-order valence-electron chi connectivity index (χ0n) is 9.63. The summed E-state index contributed by atoms with van der Waals surface area (Å²) >= 11 is 7.01. The van der Waals surface area contributed by atoms with Gasteiger partial charge in [0.2, 0.25) is 0 Å². The summed E-state index contributed by atoms with van der Waals surface area (Å²) in [6, 6.07) is 5.94. The van der Waals surface area contributed by atoms with Crippen LogP contribution in [0, 0.1) is 5.92 Å². The first kappa shape index (κ1) is 13.1. The van der Waals surface area contributed by atoms with Crippen LogP contribution in [0.5, 0.6) is 0 Å². The van der Waals surface area contributed by atoms with Crippen molar-refractivity contribution in [2.45, 2.75) is 32.1 Å². The fraction of sp³-hybridized carbons (Fsp3) is 0.462. The lowest BCUT2D eigenvalue weighted by molar-refractivity contribution is 0.437. The summed E-state index contributed by atoms with van der Waals surface area (Å²) in [7, 11) is 0. The Labute approximate surface area is 119 Å². The lowest BCUT2D eigenvalue weighted by Crippen LogP contribution is -2.25. The Morgan fingerprint density at radius 3 is 2.29 bits per heavy atom. The predicted molar refractivity (Wildman–Crippen MR) is 79.7 cm³/mol. The number of hydrogen-bond acceptors (Lipinski definition) is 1. The van der Waals surface area contributed by atoms with Crippen LogP contribution < -0.4 is 5.73 Å². The minimum absolute atomic E-state index is 0.461. The van der Waals surface area contributed by atoms with Crippen molar-refractivity contribution in [1.29, 1.82) is 0 Å². The third-order valence-electron chi connectivity index (χ3n) is 3.20. The number of aliphatic imine (C=N–C) groups is 1. The molecule has 2 N–H and O–H groups in total. The minimum Gasteiger partial charge on any atom is -0.387 e. The van der Waals surface area contributed by atoms with Gasteiger partial charge in [-0.3, -0.25) is 0 Å². The number of benzene rings is 1. The molecule has 0 heterocycles. The molecule has 2 nitrogen and oxygen atoms in total. The maximum Gasteiger partial charge on any atom is 0.103 e. The van der Waals surface area contributed by atoms with Crippen LogP contribution >= 0.6 is 31.9 Å². The summed E-state index contributed by atoms with van der Waals surface area (Å²) in [6.07, 6.45) is 6.24. The molecule has 92 valence electrons. The highest BCUT2D eigenvalue weighted by molar-refractivity contribution is 9.11. The van der Waals surface area contributed by atoms with Crippen LogP contribution in [0.25, 0.3) is 0 Å². The second-order valence-electron chi connectivity index (χ2n) is 4.44. The molecule has 1 aliphatic carbocycles. The van der Waals surface area contributed by atoms with Gasteiger partial charge < -0.3 is 5.73 Å². The van der Waals surface area contributed by atoms with E-state index in [1.807, 2.05) is 18.2 Å². The second-order valence-corrected chi connectivity index (χ2v) is 6.15. The van der Waals surface area contributed by atoms with Gasteiger partial charge in [-0.05, 0) is 56.8 Å². The Morgan fingerprint density at radius 1 is 1.12 bits per heavy atom. The summed E-state index contributed by atoms with van der Waals surface area (Å²) < 4.78 is 1.95. The second kappa shape index (κ2) is 6.01. The smallest absolute Gasteiger partial charge is 0.103 e. The van der Waals surface area contributed by atoms with Crippen LogP contribution in [-0.4, -0.2) is 5.84 Å². The molecule has 0 aliphatic heterocycles. The third kappa shape index (κ3) is 3.32. The maximum absolute atomic E-state index is 6.13. The van der Waals surface area contributed by atoms with Crippen molar-refractivity contribution in [2.75, 3.05) is 0 Å². The van der Waals surface area contributed by atoms with E-state index in [4.69, 9.17) is 5.73 Å². The van der Waals surface area contributed by atoms with E-state index in [0.717, 1.165) is 20.5 Å². The fourth-order valence-electron chi connectivity index (χ4n) is 2.21. The van der Waals surface area contributed by atoms with Crippen molar-refractivity contribution >= 4 is 43.4 Å². The molecule has 0 unspecified atom stereocenters. The van der Waals surface area contributed by atoms with Gasteiger partial charge in [-0.2, -0.15) is 0 Å². The molecule has 17 heavy (non-hydrogen) atoms. The van der Waals surface area contributed by atoms with E-state index in [1.165, 1.54) is 32.1 Å². The van der Waals surface area contributed by atoms with Crippen LogP contribution in [-0.2, 0) is 0 Å². The Bertz CT molecular complexity index is 403. The molecular weight excluding hydrogens is 344 g/mol. The highest BCUT2D eigenvalue weighted by Crippen LogP contribution is 2.34. The summed E-state index contributed by atoms with van der Waals surface area (Å²) in [5.74, 6) is 1.24. The monoisotopic (exact) mass is 358 g/mol. The molecule has 0 spiro atoms. The number of amidine groups is 1. The van der Waals surface area contributed by atoms with Crippen molar-refractivity contribution in [3.8, 4) is 0 Å². The van der Waals surface area contributed by atoms with Crippen molar-refractivity contribution in [1.82, 2.24) is 0 Å². The molecule has 1 aliphatic rings. The normalized spacial score (nSPS) is 18.4. The average Bonchev–Trinajstić information content (AvgIpc) is 2.35. The lowest BCUT2D eigenvalue weighted by Gasteiger charge is -2.21. The molecule has 0 aromatic heterocycles. The quantitative estimate of drug-likeness (QED) is 0.598. The van der Waals surface area contributed by atoms with E-state index in [9.17, 15) is 0 Å². The Morgan fingerprint density at radius 2 is 1.71 bits per heavy atom. The Hall–Kier alpha value is -0.350. The first-order valence-electron chi connectivity index (χ1n) is 5.96. The molecule has 1 aromatic rings. The van der Waals surface area contributed by atoms with Crippen LogP contribution in [0.15, 0.2) is 32.1 Å². The number of rotatable bonds is 2. The molecule has 4 heteroatoms. The van der Waals surface area contributed by atoms with Gasteiger partial charge in [0.15, 0.2) is 0 Å². The first-order chi connectivity index (χ1) is 8.18. The average molecular weight is 360 g/mol. The number of para-hydroxylation sites is 1. The number of hydrogen-bond donors (Lipinski definition) is 1. The molecule has 1 aromatic carbocycles. The van der Waals surface area contributed by atoms with Crippen LogP contribution in [0.1, 0.15) is 32.1 Å². The molecule has 1 fully saturated rings. The van der Waals surface area contributed by atoms with Gasteiger partial charge in [0.05, 0.1) is 5.69 Å². The SMILES string of the molecule is NC(=Nc1c(Br)cccc1Br)C1CCCCC1. The summed E-state index contributed by atoms with van der Waals surface area (Å²) in [6.45, 7) is 0. The molecular formula is C13H16Br2N2. The van der Waals surface area contributed by atoms with Crippen molar-refractivity contribution < 1.29 is 0 Å².